The van der Waals surface area contributed by atoms with Crippen molar-refractivity contribution >= 4 is 11.9 Å². The summed E-state index contributed by atoms with van der Waals surface area (Å²) in [5.74, 6) is -0.559. The zero-order chi connectivity index (χ0) is 15.0. The molecule has 1 heterocycles. The molecule has 3 unspecified atom stereocenters. The summed E-state index contributed by atoms with van der Waals surface area (Å²) in [4.78, 5) is 22.5. The predicted molar refractivity (Wildman–Crippen MR) is 75.4 cm³/mol. The molecule has 1 saturated heterocycles. The van der Waals surface area contributed by atoms with Gasteiger partial charge in [-0.1, -0.05) is 13.8 Å². The third-order valence-corrected chi connectivity index (χ3v) is 3.67. The number of hydrogen-bond acceptors (Lipinski definition) is 4. The molecule has 1 fully saturated rings. The van der Waals surface area contributed by atoms with Gasteiger partial charge in [0.15, 0.2) is 0 Å². The van der Waals surface area contributed by atoms with Crippen LogP contribution in [0.4, 0.5) is 0 Å². The highest BCUT2D eigenvalue weighted by molar-refractivity contribution is 5.79. The van der Waals surface area contributed by atoms with Crippen LogP contribution in [0.2, 0.25) is 0 Å². The summed E-state index contributed by atoms with van der Waals surface area (Å²) in [6.45, 7) is 6.49. The zero-order valence-corrected chi connectivity index (χ0v) is 12.4. The number of ether oxygens (including phenoxy) is 1. The first kappa shape index (κ1) is 16.9. The maximum Gasteiger partial charge on any atom is 0.303 e. The van der Waals surface area contributed by atoms with Crippen LogP contribution in [-0.2, 0) is 14.3 Å². The second-order valence-corrected chi connectivity index (χ2v) is 5.43. The number of rotatable bonds is 9. The normalized spacial score (nSPS) is 23.5. The molecule has 0 aromatic heterocycles. The van der Waals surface area contributed by atoms with Crippen molar-refractivity contribution < 1.29 is 19.4 Å². The van der Waals surface area contributed by atoms with Crippen molar-refractivity contribution in [3.05, 3.63) is 0 Å². The van der Waals surface area contributed by atoms with E-state index in [9.17, 15) is 9.59 Å². The number of hydrogen-bond donors (Lipinski definition) is 3. The topological polar surface area (TPSA) is 87.7 Å². The summed E-state index contributed by atoms with van der Waals surface area (Å²) in [5, 5.41) is 14.8. The van der Waals surface area contributed by atoms with Crippen LogP contribution in [0.1, 0.15) is 33.1 Å². The summed E-state index contributed by atoms with van der Waals surface area (Å²) in [5.41, 5.74) is 0. The standard InChI is InChI=1S/C14H26N2O4/c1-3-15-12-9-20-8-11(12)14(19)16-7-6-10(2)4-5-13(17)18/h10-12,15H,3-9H2,1-2H3,(H,16,19)(H,17,18). The van der Waals surface area contributed by atoms with E-state index in [2.05, 4.69) is 10.6 Å². The van der Waals surface area contributed by atoms with Gasteiger partial charge >= 0.3 is 5.97 Å². The van der Waals surface area contributed by atoms with Crippen molar-refractivity contribution in [3.63, 3.8) is 0 Å². The molecule has 20 heavy (non-hydrogen) atoms. The highest BCUT2D eigenvalue weighted by atomic mass is 16.5. The highest BCUT2D eigenvalue weighted by Gasteiger charge is 2.33. The van der Waals surface area contributed by atoms with Crippen molar-refractivity contribution in [2.24, 2.45) is 11.8 Å². The molecule has 116 valence electrons. The van der Waals surface area contributed by atoms with Crippen LogP contribution in [0.3, 0.4) is 0 Å². The molecule has 1 aliphatic rings. The van der Waals surface area contributed by atoms with E-state index in [1.54, 1.807) is 0 Å². The Bertz CT molecular complexity index is 322. The van der Waals surface area contributed by atoms with E-state index in [0.717, 1.165) is 13.0 Å². The van der Waals surface area contributed by atoms with Gasteiger partial charge in [0.05, 0.1) is 19.1 Å². The predicted octanol–water partition coefficient (Wildman–Crippen LogP) is 0.618. The Labute approximate surface area is 120 Å². The molecule has 3 atom stereocenters. The van der Waals surface area contributed by atoms with Gasteiger partial charge < -0.3 is 20.5 Å². The summed E-state index contributed by atoms with van der Waals surface area (Å²) >= 11 is 0. The van der Waals surface area contributed by atoms with Gasteiger partial charge in [0, 0.05) is 19.0 Å². The van der Waals surface area contributed by atoms with Gasteiger partial charge in [-0.05, 0) is 25.3 Å². The molecule has 0 bridgehead atoms. The molecule has 6 nitrogen and oxygen atoms in total. The van der Waals surface area contributed by atoms with Crippen LogP contribution in [-0.4, -0.2) is 49.3 Å². The van der Waals surface area contributed by atoms with E-state index in [4.69, 9.17) is 9.84 Å². The fourth-order valence-electron chi connectivity index (χ4n) is 2.36. The molecule has 3 N–H and O–H groups in total. The van der Waals surface area contributed by atoms with Gasteiger partial charge in [0.2, 0.25) is 5.91 Å². The Morgan fingerprint density at radius 2 is 2.10 bits per heavy atom. The number of likely N-dealkylation sites (N-methyl/N-ethyl adjacent to an activating group) is 1. The molecular weight excluding hydrogens is 260 g/mol. The second kappa shape index (κ2) is 8.92. The number of carboxylic acid groups (broad SMARTS) is 1. The molecule has 1 amide bonds. The van der Waals surface area contributed by atoms with Crippen LogP contribution in [0.5, 0.6) is 0 Å². The third kappa shape index (κ3) is 5.88. The quantitative estimate of drug-likeness (QED) is 0.578. The fraction of sp³-hybridized carbons (Fsp3) is 0.857. The fourth-order valence-corrected chi connectivity index (χ4v) is 2.36. The lowest BCUT2D eigenvalue weighted by molar-refractivity contribution is -0.137. The number of carbonyl (C=O) groups is 2. The molecule has 0 spiro atoms. The van der Waals surface area contributed by atoms with Gasteiger partial charge in [-0.2, -0.15) is 0 Å². The molecule has 0 aromatic rings. The van der Waals surface area contributed by atoms with E-state index in [0.29, 0.717) is 32.1 Å². The molecular formula is C14H26N2O4. The third-order valence-electron chi connectivity index (χ3n) is 3.67. The monoisotopic (exact) mass is 286 g/mol. The number of carboxylic acids is 1. The lowest BCUT2D eigenvalue weighted by atomic mass is 10.0. The van der Waals surface area contributed by atoms with Crippen LogP contribution in [0, 0.1) is 11.8 Å². The van der Waals surface area contributed by atoms with Crippen LogP contribution in [0.15, 0.2) is 0 Å². The Balaban J connectivity index is 2.20. The first-order chi connectivity index (χ1) is 9.54. The highest BCUT2D eigenvalue weighted by Crippen LogP contribution is 2.14. The number of nitrogens with one attached hydrogen (secondary N) is 2. The molecule has 1 rings (SSSR count). The van der Waals surface area contributed by atoms with Crippen LogP contribution in [0.25, 0.3) is 0 Å². The average molecular weight is 286 g/mol. The van der Waals surface area contributed by atoms with Gasteiger partial charge in [0.25, 0.3) is 0 Å². The molecule has 0 saturated carbocycles. The lowest BCUT2D eigenvalue weighted by Crippen LogP contribution is -2.44. The van der Waals surface area contributed by atoms with Crippen LogP contribution < -0.4 is 10.6 Å². The first-order valence-corrected chi connectivity index (χ1v) is 7.35. The van der Waals surface area contributed by atoms with Crippen molar-refractivity contribution in [1.82, 2.24) is 10.6 Å². The van der Waals surface area contributed by atoms with Gasteiger partial charge in [-0.3, -0.25) is 9.59 Å². The Hall–Kier alpha value is -1.14. The van der Waals surface area contributed by atoms with Gasteiger partial charge in [-0.15, -0.1) is 0 Å². The maximum atomic E-state index is 12.1. The summed E-state index contributed by atoms with van der Waals surface area (Å²) in [6.07, 6.45) is 1.64. The van der Waals surface area contributed by atoms with Crippen molar-refractivity contribution in [3.8, 4) is 0 Å². The molecule has 0 radical (unpaired) electrons. The largest absolute Gasteiger partial charge is 0.481 e. The van der Waals surface area contributed by atoms with E-state index in [1.165, 1.54) is 0 Å². The van der Waals surface area contributed by atoms with E-state index < -0.39 is 5.97 Å². The molecule has 0 aromatic carbocycles. The minimum absolute atomic E-state index is 0.0267. The van der Waals surface area contributed by atoms with Crippen LogP contribution >= 0.6 is 0 Å². The number of aliphatic carboxylic acids is 1. The summed E-state index contributed by atoms with van der Waals surface area (Å²) in [6, 6.07) is 0.101. The SMILES string of the molecule is CCNC1COCC1C(=O)NCCC(C)CCC(=O)O. The zero-order valence-electron chi connectivity index (χ0n) is 12.4. The van der Waals surface area contributed by atoms with E-state index in [1.807, 2.05) is 13.8 Å². The Kier molecular flexibility index (Phi) is 7.54. The van der Waals surface area contributed by atoms with Crippen molar-refractivity contribution in [2.45, 2.75) is 39.2 Å². The molecule has 0 aliphatic carbocycles. The second-order valence-electron chi connectivity index (χ2n) is 5.43. The number of amides is 1. The Morgan fingerprint density at radius 3 is 2.75 bits per heavy atom. The molecule has 1 aliphatic heterocycles. The molecule has 6 heteroatoms. The first-order valence-electron chi connectivity index (χ1n) is 7.35. The van der Waals surface area contributed by atoms with E-state index >= 15 is 0 Å². The number of carbonyl (C=O) groups excluding carboxylic acids is 1. The average Bonchev–Trinajstić information content (AvgIpc) is 2.85. The van der Waals surface area contributed by atoms with Crippen molar-refractivity contribution in [1.29, 1.82) is 0 Å². The lowest BCUT2D eigenvalue weighted by Gasteiger charge is -2.18. The minimum Gasteiger partial charge on any atom is -0.481 e. The maximum absolute atomic E-state index is 12.1. The van der Waals surface area contributed by atoms with Gasteiger partial charge in [-0.25, -0.2) is 0 Å². The van der Waals surface area contributed by atoms with E-state index in [-0.39, 0.29) is 24.3 Å². The smallest absolute Gasteiger partial charge is 0.303 e. The summed E-state index contributed by atoms with van der Waals surface area (Å²) in [7, 11) is 0. The van der Waals surface area contributed by atoms with Gasteiger partial charge in [0.1, 0.15) is 0 Å². The Morgan fingerprint density at radius 1 is 1.35 bits per heavy atom. The minimum atomic E-state index is -0.766. The summed E-state index contributed by atoms with van der Waals surface area (Å²) < 4.78 is 5.35. The van der Waals surface area contributed by atoms with Crippen molar-refractivity contribution in [2.75, 3.05) is 26.3 Å².